The number of amides is 1. The second-order valence-electron chi connectivity index (χ2n) is 5.33. The molecule has 2 rings (SSSR count). The average Bonchev–Trinajstić information content (AvgIpc) is 2.63. The summed E-state index contributed by atoms with van der Waals surface area (Å²) in [5.41, 5.74) is 1.92. The van der Waals surface area contributed by atoms with Crippen molar-refractivity contribution in [2.75, 3.05) is 19.0 Å². The number of pyridine rings is 1. The van der Waals surface area contributed by atoms with E-state index in [0.29, 0.717) is 18.8 Å². The van der Waals surface area contributed by atoms with Gasteiger partial charge in [-0.05, 0) is 43.2 Å². The van der Waals surface area contributed by atoms with Crippen LogP contribution in [0.1, 0.15) is 11.3 Å². The first-order chi connectivity index (χ1) is 12.1. The molecular formula is C19H20N4O2. The normalized spacial score (nSPS) is 10.7. The van der Waals surface area contributed by atoms with E-state index >= 15 is 0 Å². The molecule has 0 fully saturated rings. The van der Waals surface area contributed by atoms with Crippen LogP contribution in [0.25, 0.3) is 0 Å². The maximum Gasteiger partial charge on any atom is 0.263 e. The second-order valence-corrected chi connectivity index (χ2v) is 5.33. The summed E-state index contributed by atoms with van der Waals surface area (Å²) in [6.07, 6.45) is 2.03. The van der Waals surface area contributed by atoms with Crippen LogP contribution in [-0.4, -0.2) is 24.5 Å². The molecule has 128 valence electrons. The van der Waals surface area contributed by atoms with Gasteiger partial charge in [0.1, 0.15) is 23.2 Å². The molecule has 0 aliphatic carbocycles. The van der Waals surface area contributed by atoms with E-state index in [-0.39, 0.29) is 5.57 Å². The maximum atomic E-state index is 12.1. The Kier molecular flexibility index (Phi) is 6.55. The topological polar surface area (TPSA) is 87.0 Å². The maximum absolute atomic E-state index is 12.1. The zero-order valence-corrected chi connectivity index (χ0v) is 14.2. The molecule has 0 bridgehead atoms. The second kappa shape index (κ2) is 9.08. The number of hydrogen-bond acceptors (Lipinski definition) is 5. The summed E-state index contributed by atoms with van der Waals surface area (Å²) in [5, 5.41) is 14.8. The van der Waals surface area contributed by atoms with Crippen molar-refractivity contribution in [2.24, 2.45) is 0 Å². The monoisotopic (exact) mass is 336 g/mol. The number of aryl methyl sites for hydroxylation is 1. The molecule has 25 heavy (non-hydrogen) atoms. The number of rotatable bonds is 7. The van der Waals surface area contributed by atoms with Crippen LogP contribution in [0, 0.1) is 18.3 Å². The molecule has 6 heteroatoms. The minimum atomic E-state index is -0.420. The van der Waals surface area contributed by atoms with E-state index in [1.54, 1.807) is 13.2 Å². The molecule has 0 saturated carbocycles. The quantitative estimate of drug-likeness (QED) is 0.599. The van der Waals surface area contributed by atoms with E-state index in [1.807, 2.05) is 49.4 Å². The summed E-state index contributed by atoms with van der Waals surface area (Å²) in [4.78, 5) is 16.3. The van der Waals surface area contributed by atoms with Gasteiger partial charge in [-0.2, -0.15) is 5.26 Å². The van der Waals surface area contributed by atoms with Crippen molar-refractivity contribution < 1.29 is 9.53 Å². The van der Waals surface area contributed by atoms with Gasteiger partial charge in [-0.25, -0.2) is 4.98 Å². The zero-order chi connectivity index (χ0) is 18.1. The highest BCUT2D eigenvalue weighted by atomic mass is 16.5. The van der Waals surface area contributed by atoms with Crippen LogP contribution in [0.5, 0.6) is 5.75 Å². The number of aromatic nitrogens is 1. The van der Waals surface area contributed by atoms with Crippen LogP contribution < -0.4 is 15.4 Å². The molecule has 1 heterocycles. The largest absolute Gasteiger partial charge is 0.497 e. The molecule has 0 radical (unpaired) electrons. The van der Waals surface area contributed by atoms with Gasteiger partial charge in [-0.15, -0.1) is 0 Å². The van der Waals surface area contributed by atoms with Crippen LogP contribution in [0.15, 0.2) is 54.2 Å². The van der Waals surface area contributed by atoms with Crippen molar-refractivity contribution in [1.29, 1.82) is 5.26 Å². The van der Waals surface area contributed by atoms with Crippen molar-refractivity contribution in [2.45, 2.75) is 13.3 Å². The van der Waals surface area contributed by atoms with Gasteiger partial charge in [0.25, 0.3) is 5.91 Å². The Morgan fingerprint density at radius 1 is 1.28 bits per heavy atom. The first-order valence-corrected chi connectivity index (χ1v) is 7.84. The number of benzene rings is 1. The fraction of sp³-hybridized carbons (Fsp3) is 0.211. The van der Waals surface area contributed by atoms with Crippen molar-refractivity contribution >= 4 is 11.7 Å². The molecule has 2 aromatic rings. The smallest absolute Gasteiger partial charge is 0.263 e. The van der Waals surface area contributed by atoms with Gasteiger partial charge in [-0.1, -0.05) is 18.2 Å². The number of carbonyl (C=O) groups excluding carboxylic acids is 1. The first kappa shape index (κ1) is 18.0. The van der Waals surface area contributed by atoms with E-state index < -0.39 is 5.91 Å². The number of nitrogens with zero attached hydrogens (tertiary/aromatic N) is 2. The van der Waals surface area contributed by atoms with Crippen LogP contribution in [0.2, 0.25) is 0 Å². The van der Waals surface area contributed by atoms with Gasteiger partial charge in [0.05, 0.1) is 7.11 Å². The molecule has 0 saturated heterocycles. The minimum Gasteiger partial charge on any atom is -0.497 e. The highest BCUT2D eigenvalue weighted by molar-refractivity contribution is 5.97. The molecule has 0 unspecified atom stereocenters. The van der Waals surface area contributed by atoms with Gasteiger partial charge in [-0.3, -0.25) is 4.79 Å². The third-order valence-corrected chi connectivity index (χ3v) is 3.48. The lowest BCUT2D eigenvalue weighted by Gasteiger charge is -2.06. The molecule has 6 nitrogen and oxygen atoms in total. The molecule has 1 aromatic carbocycles. The van der Waals surface area contributed by atoms with Crippen LogP contribution in [0.3, 0.4) is 0 Å². The molecule has 1 aromatic heterocycles. The number of nitrogens with one attached hydrogen (secondary N) is 2. The molecular weight excluding hydrogens is 316 g/mol. The van der Waals surface area contributed by atoms with Gasteiger partial charge in [0.2, 0.25) is 0 Å². The summed E-state index contributed by atoms with van der Waals surface area (Å²) in [5.74, 6) is 0.952. The summed E-state index contributed by atoms with van der Waals surface area (Å²) in [7, 11) is 1.62. The number of hydrogen-bond donors (Lipinski definition) is 2. The fourth-order valence-corrected chi connectivity index (χ4v) is 2.13. The molecule has 0 aliphatic heterocycles. The van der Waals surface area contributed by atoms with Gasteiger partial charge in [0, 0.05) is 18.4 Å². The van der Waals surface area contributed by atoms with Crippen molar-refractivity contribution in [3.05, 3.63) is 65.5 Å². The van der Waals surface area contributed by atoms with Gasteiger partial charge in [0.15, 0.2) is 0 Å². The van der Waals surface area contributed by atoms with E-state index in [2.05, 4.69) is 15.6 Å². The lowest BCUT2D eigenvalue weighted by Crippen LogP contribution is -2.27. The third kappa shape index (κ3) is 5.66. The standard InChI is InChI=1S/C19H20N4O2/c1-14-4-3-5-18(23-14)22-13-16(12-20)19(24)21-11-10-15-6-8-17(25-2)9-7-15/h3-9,13H,10-11H2,1-2H3,(H,21,24)(H,22,23)/b16-13-. The SMILES string of the molecule is COc1ccc(CCNC(=O)/C(C#N)=C\Nc2cccc(C)n2)cc1. The number of anilines is 1. The summed E-state index contributed by atoms with van der Waals surface area (Å²) in [6, 6.07) is 15.0. The Bertz CT molecular complexity index is 792. The van der Waals surface area contributed by atoms with Crippen LogP contribution >= 0.6 is 0 Å². The number of methoxy groups -OCH3 is 1. The summed E-state index contributed by atoms with van der Waals surface area (Å²) >= 11 is 0. The first-order valence-electron chi connectivity index (χ1n) is 7.84. The summed E-state index contributed by atoms with van der Waals surface area (Å²) in [6.45, 7) is 2.30. The fourth-order valence-electron chi connectivity index (χ4n) is 2.13. The van der Waals surface area contributed by atoms with Crippen molar-refractivity contribution in [3.63, 3.8) is 0 Å². The number of ether oxygens (including phenoxy) is 1. The molecule has 1 amide bonds. The van der Waals surface area contributed by atoms with Crippen molar-refractivity contribution in [3.8, 4) is 11.8 Å². The van der Waals surface area contributed by atoms with E-state index in [9.17, 15) is 4.79 Å². The lowest BCUT2D eigenvalue weighted by atomic mass is 10.1. The lowest BCUT2D eigenvalue weighted by molar-refractivity contribution is -0.117. The van der Waals surface area contributed by atoms with Gasteiger partial charge >= 0.3 is 0 Å². The molecule has 0 aliphatic rings. The Balaban J connectivity index is 1.86. The predicted molar refractivity (Wildman–Crippen MR) is 96.0 cm³/mol. The highest BCUT2D eigenvalue weighted by Crippen LogP contribution is 2.11. The Morgan fingerprint density at radius 2 is 2.04 bits per heavy atom. The van der Waals surface area contributed by atoms with Crippen molar-refractivity contribution in [1.82, 2.24) is 10.3 Å². The highest BCUT2D eigenvalue weighted by Gasteiger charge is 2.08. The predicted octanol–water partition coefficient (Wildman–Crippen LogP) is 2.58. The molecule has 0 atom stereocenters. The Morgan fingerprint density at radius 3 is 2.68 bits per heavy atom. The van der Waals surface area contributed by atoms with E-state index in [1.165, 1.54) is 6.20 Å². The minimum absolute atomic E-state index is 0.00182. The van der Waals surface area contributed by atoms with Crippen LogP contribution in [-0.2, 0) is 11.2 Å². The van der Waals surface area contributed by atoms with E-state index in [4.69, 9.17) is 10.00 Å². The Labute approximate surface area is 147 Å². The summed E-state index contributed by atoms with van der Waals surface area (Å²) < 4.78 is 5.10. The zero-order valence-electron chi connectivity index (χ0n) is 14.2. The third-order valence-electron chi connectivity index (χ3n) is 3.48. The number of carbonyl (C=O) groups is 1. The molecule has 2 N–H and O–H groups in total. The average molecular weight is 336 g/mol. The molecule has 0 spiro atoms. The van der Waals surface area contributed by atoms with Crippen LogP contribution in [0.4, 0.5) is 5.82 Å². The number of nitriles is 1. The van der Waals surface area contributed by atoms with E-state index in [0.717, 1.165) is 17.0 Å². The Hall–Kier alpha value is -3.33. The van der Waals surface area contributed by atoms with Gasteiger partial charge < -0.3 is 15.4 Å².